The standard InChI is InChI=1S/C52H31N/c53-32-33-23-26-40-41-27-24-37(31-49(41)52(48(40)29-33)46-21-11-9-17-38(46)39-18-10-12-22-47(39)52)36-25-28-44-45(30-36)51(35-15-5-2-6-16-35)43-20-8-7-19-42(43)50(44)34-13-3-1-4-14-34/h1-31H. The Labute approximate surface area is 308 Å². The van der Waals surface area contributed by atoms with Gasteiger partial charge in [-0.15, -0.1) is 0 Å². The second-order valence-corrected chi connectivity index (χ2v) is 14.3. The predicted molar refractivity (Wildman–Crippen MR) is 219 cm³/mol. The van der Waals surface area contributed by atoms with E-state index in [1.807, 2.05) is 6.07 Å². The molecule has 2 aliphatic rings. The lowest BCUT2D eigenvalue weighted by Gasteiger charge is -2.30. The van der Waals surface area contributed by atoms with Crippen LogP contribution in [0.3, 0.4) is 0 Å². The first-order chi connectivity index (χ1) is 26.3. The minimum absolute atomic E-state index is 0.524. The lowest BCUT2D eigenvalue weighted by atomic mass is 9.70. The number of hydrogen-bond donors (Lipinski definition) is 0. The lowest BCUT2D eigenvalue weighted by molar-refractivity contribution is 0.793. The van der Waals surface area contributed by atoms with Crippen LogP contribution in [-0.4, -0.2) is 0 Å². The molecule has 244 valence electrons. The van der Waals surface area contributed by atoms with Gasteiger partial charge in [-0.25, -0.2) is 0 Å². The molecule has 2 aliphatic carbocycles. The molecule has 9 aromatic carbocycles. The minimum Gasteiger partial charge on any atom is -0.192 e. The topological polar surface area (TPSA) is 23.8 Å². The van der Waals surface area contributed by atoms with Crippen LogP contribution in [0.2, 0.25) is 0 Å². The van der Waals surface area contributed by atoms with Gasteiger partial charge in [0.15, 0.2) is 0 Å². The van der Waals surface area contributed by atoms with Crippen molar-refractivity contribution in [1.29, 1.82) is 5.26 Å². The summed E-state index contributed by atoms with van der Waals surface area (Å²) < 4.78 is 0. The highest BCUT2D eigenvalue weighted by molar-refractivity contribution is 6.22. The molecule has 1 spiro atoms. The molecule has 0 unspecified atom stereocenters. The van der Waals surface area contributed by atoms with E-state index in [1.54, 1.807) is 0 Å². The van der Waals surface area contributed by atoms with Gasteiger partial charge < -0.3 is 0 Å². The highest BCUT2D eigenvalue weighted by Gasteiger charge is 2.51. The zero-order valence-electron chi connectivity index (χ0n) is 28.8. The monoisotopic (exact) mass is 669 g/mol. The number of benzene rings is 9. The molecule has 1 nitrogen and oxygen atoms in total. The number of nitrogens with zero attached hydrogens (tertiary/aromatic N) is 1. The Morgan fingerprint density at radius 2 is 0.774 bits per heavy atom. The molecule has 9 aromatic rings. The van der Waals surface area contributed by atoms with Crippen molar-refractivity contribution in [3.05, 3.63) is 216 Å². The van der Waals surface area contributed by atoms with Crippen LogP contribution >= 0.6 is 0 Å². The highest BCUT2D eigenvalue weighted by Crippen LogP contribution is 2.63. The Bertz CT molecular complexity index is 2960. The molecule has 0 N–H and O–H groups in total. The van der Waals surface area contributed by atoms with Gasteiger partial charge in [0.2, 0.25) is 0 Å². The summed E-state index contributed by atoms with van der Waals surface area (Å²) >= 11 is 0. The average molecular weight is 670 g/mol. The smallest absolute Gasteiger partial charge is 0.0991 e. The first kappa shape index (κ1) is 29.7. The SMILES string of the molecule is N#Cc1ccc2c(c1)C1(c3ccccc3-c3ccccc31)c1cc(-c3ccc4c(-c5ccccc5)c5ccccc5c(-c5ccccc5)c4c3)ccc1-2. The summed E-state index contributed by atoms with van der Waals surface area (Å²) in [5.41, 5.74) is 17.4. The second kappa shape index (κ2) is 11.2. The molecule has 0 aromatic heterocycles. The third-order valence-corrected chi connectivity index (χ3v) is 11.7. The summed E-state index contributed by atoms with van der Waals surface area (Å²) in [6, 6.07) is 70.9. The summed E-state index contributed by atoms with van der Waals surface area (Å²) in [5, 5.41) is 15.1. The van der Waals surface area contributed by atoms with E-state index in [4.69, 9.17) is 0 Å². The van der Waals surface area contributed by atoms with Crippen LogP contribution in [-0.2, 0) is 5.41 Å². The maximum atomic E-state index is 10.1. The van der Waals surface area contributed by atoms with Gasteiger partial charge in [0, 0.05) is 0 Å². The van der Waals surface area contributed by atoms with E-state index >= 15 is 0 Å². The van der Waals surface area contributed by atoms with Gasteiger partial charge in [-0.05, 0) is 124 Å². The fourth-order valence-electron chi connectivity index (χ4n) is 9.58. The van der Waals surface area contributed by atoms with Gasteiger partial charge in [-0.2, -0.15) is 5.26 Å². The van der Waals surface area contributed by atoms with Crippen molar-refractivity contribution in [2.24, 2.45) is 0 Å². The van der Waals surface area contributed by atoms with Crippen LogP contribution in [0.15, 0.2) is 188 Å². The Morgan fingerprint density at radius 1 is 0.321 bits per heavy atom. The van der Waals surface area contributed by atoms with Crippen LogP contribution in [0, 0.1) is 11.3 Å². The third kappa shape index (κ3) is 4.07. The van der Waals surface area contributed by atoms with Crippen molar-refractivity contribution in [2.75, 3.05) is 0 Å². The molecule has 0 bridgehead atoms. The fourth-order valence-corrected chi connectivity index (χ4v) is 9.58. The number of fused-ring (bicyclic) bond motifs is 12. The van der Waals surface area contributed by atoms with Gasteiger partial charge >= 0.3 is 0 Å². The van der Waals surface area contributed by atoms with Crippen LogP contribution in [0.1, 0.15) is 27.8 Å². The van der Waals surface area contributed by atoms with E-state index in [-0.39, 0.29) is 0 Å². The first-order valence-electron chi connectivity index (χ1n) is 18.2. The number of nitriles is 1. The zero-order valence-corrected chi connectivity index (χ0v) is 28.8. The van der Waals surface area contributed by atoms with Crippen LogP contribution in [0.4, 0.5) is 0 Å². The Kier molecular flexibility index (Phi) is 6.30. The van der Waals surface area contributed by atoms with Crippen LogP contribution in [0.5, 0.6) is 0 Å². The van der Waals surface area contributed by atoms with Gasteiger partial charge in [0.1, 0.15) is 0 Å². The maximum Gasteiger partial charge on any atom is 0.0991 e. The number of hydrogen-bond acceptors (Lipinski definition) is 1. The van der Waals surface area contributed by atoms with Crippen molar-refractivity contribution in [3.63, 3.8) is 0 Å². The van der Waals surface area contributed by atoms with E-state index < -0.39 is 5.41 Å². The minimum atomic E-state index is -0.524. The van der Waals surface area contributed by atoms with Crippen molar-refractivity contribution in [1.82, 2.24) is 0 Å². The molecule has 0 radical (unpaired) electrons. The molecule has 53 heavy (non-hydrogen) atoms. The van der Waals surface area contributed by atoms with Crippen LogP contribution < -0.4 is 0 Å². The molecule has 1 heteroatoms. The molecule has 0 fully saturated rings. The summed E-state index contributed by atoms with van der Waals surface area (Å²) in [6.45, 7) is 0. The summed E-state index contributed by atoms with van der Waals surface area (Å²) in [7, 11) is 0. The van der Waals surface area contributed by atoms with E-state index in [1.165, 1.54) is 99.4 Å². The molecule has 0 amide bonds. The molecule has 0 heterocycles. The normalized spacial score (nSPS) is 13.0. The molecular weight excluding hydrogens is 639 g/mol. The molecule has 0 aliphatic heterocycles. The van der Waals surface area contributed by atoms with Crippen molar-refractivity contribution in [3.8, 4) is 61.7 Å². The third-order valence-electron chi connectivity index (χ3n) is 11.7. The molecule has 0 saturated heterocycles. The van der Waals surface area contributed by atoms with Crippen molar-refractivity contribution in [2.45, 2.75) is 5.41 Å². The molecular formula is C52H31N. The lowest BCUT2D eigenvalue weighted by Crippen LogP contribution is -2.26. The predicted octanol–water partition coefficient (Wildman–Crippen LogP) is 13.2. The second-order valence-electron chi connectivity index (χ2n) is 14.3. The summed E-state index contributed by atoms with van der Waals surface area (Å²) in [4.78, 5) is 0. The highest BCUT2D eigenvalue weighted by atomic mass is 14.5. The Hall–Kier alpha value is -7.01. The number of rotatable bonds is 3. The van der Waals surface area contributed by atoms with E-state index in [9.17, 15) is 5.26 Å². The van der Waals surface area contributed by atoms with Gasteiger partial charge in [0.05, 0.1) is 17.0 Å². The average Bonchev–Trinajstić information content (AvgIpc) is 3.69. The van der Waals surface area contributed by atoms with Crippen LogP contribution in [0.25, 0.3) is 77.2 Å². The fraction of sp³-hybridized carbons (Fsp3) is 0.0192. The summed E-state index contributed by atoms with van der Waals surface area (Å²) in [5.74, 6) is 0. The van der Waals surface area contributed by atoms with Crippen molar-refractivity contribution < 1.29 is 0 Å². The van der Waals surface area contributed by atoms with Crippen molar-refractivity contribution >= 4 is 21.5 Å². The molecule has 0 saturated carbocycles. The summed E-state index contributed by atoms with van der Waals surface area (Å²) in [6.07, 6.45) is 0. The van der Waals surface area contributed by atoms with E-state index in [2.05, 4.69) is 188 Å². The van der Waals surface area contributed by atoms with E-state index in [0.717, 1.165) is 0 Å². The Balaban J connectivity index is 1.21. The van der Waals surface area contributed by atoms with Gasteiger partial charge in [0.25, 0.3) is 0 Å². The van der Waals surface area contributed by atoms with Gasteiger partial charge in [-0.3, -0.25) is 0 Å². The molecule has 11 rings (SSSR count). The Morgan fingerprint density at radius 3 is 1.40 bits per heavy atom. The maximum absolute atomic E-state index is 10.1. The quantitative estimate of drug-likeness (QED) is 0.172. The van der Waals surface area contributed by atoms with Gasteiger partial charge in [-0.1, -0.05) is 164 Å². The molecule has 0 atom stereocenters. The largest absolute Gasteiger partial charge is 0.192 e. The zero-order chi connectivity index (χ0) is 35.1. The first-order valence-corrected chi connectivity index (χ1v) is 18.2. The van der Waals surface area contributed by atoms with E-state index in [0.29, 0.717) is 5.56 Å².